The normalized spacial score (nSPS) is 12.6. The second-order valence-corrected chi connectivity index (χ2v) is 7.43. The number of imide groups is 1. The molecule has 1 aliphatic carbocycles. The number of fused-ring (bicyclic) bond motifs is 1. The van der Waals surface area contributed by atoms with Crippen molar-refractivity contribution in [3.63, 3.8) is 0 Å². The summed E-state index contributed by atoms with van der Waals surface area (Å²) in [6.07, 6.45) is 2.96. The Morgan fingerprint density at radius 3 is 2.61 bits per heavy atom. The lowest BCUT2D eigenvalue weighted by Gasteiger charge is -2.12. The minimum absolute atomic E-state index is 0.148. The van der Waals surface area contributed by atoms with Gasteiger partial charge in [0, 0.05) is 4.88 Å². The molecule has 0 atom stereocenters. The third kappa shape index (κ3) is 4.89. The molecule has 3 amide bonds. The number of carbonyl (C=O) groups excluding carboxylic acids is 3. The average Bonchev–Trinajstić information content (AvgIpc) is 3.06. The zero-order valence-electron chi connectivity index (χ0n) is 15.6. The molecule has 7 nitrogen and oxygen atoms in total. The number of alkyl carbamates (subject to hydrolysis) is 1. The van der Waals surface area contributed by atoms with Crippen molar-refractivity contribution in [1.82, 2.24) is 5.32 Å². The maximum atomic E-state index is 12.6. The van der Waals surface area contributed by atoms with Crippen molar-refractivity contribution >= 4 is 34.2 Å². The largest absolute Gasteiger partial charge is 0.493 e. The van der Waals surface area contributed by atoms with Crippen molar-refractivity contribution in [3.05, 3.63) is 46.3 Å². The standard InChI is InChI=1S/C20H22N2O5S/c1-26-20(25)22-18(24)17-14-9-5-6-10-15(14)28-19(17)21-16(23)11-12-27-13-7-3-2-4-8-13/h2-4,7-8H,5-6,9-12H2,1H3,(H,21,23)(H,22,24,25). The van der Waals surface area contributed by atoms with Crippen LogP contribution in [0, 0.1) is 0 Å². The van der Waals surface area contributed by atoms with Crippen molar-refractivity contribution in [2.75, 3.05) is 19.0 Å². The van der Waals surface area contributed by atoms with Gasteiger partial charge in [0.15, 0.2) is 0 Å². The van der Waals surface area contributed by atoms with Gasteiger partial charge in [0.2, 0.25) is 5.91 Å². The Kier molecular flexibility index (Phi) is 6.65. The maximum absolute atomic E-state index is 12.6. The van der Waals surface area contributed by atoms with Gasteiger partial charge in [-0.2, -0.15) is 0 Å². The topological polar surface area (TPSA) is 93.7 Å². The van der Waals surface area contributed by atoms with Crippen molar-refractivity contribution < 1.29 is 23.9 Å². The van der Waals surface area contributed by atoms with E-state index in [0.717, 1.165) is 36.1 Å². The van der Waals surface area contributed by atoms with E-state index in [9.17, 15) is 14.4 Å². The molecule has 0 aliphatic heterocycles. The van der Waals surface area contributed by atoms with E-state index < -0.39 is 12.0 Å². The van der Waals surface area contributed by atoms with Crippen LogP contribution in [0.25, 0.3) is 0 Å². The Morgan fingerprint density at radius 1 is 1.11 bits per heavy atom. The van der Waals surface area contributed by atoms with Crippen molar-refractivity contribution in [3.8, 4) is 5.75 Å². The average molecular weight is 402 g/mol. The van der Waals surface area contributed by atoms with Crippen LogP contribution in [0.15, 0.2) is 30.3 Å². The molecule has 0 bridgehead atoms. The number of para-hydroxylation sites is 1. The summed E-state index contributed by atoms with van der Waals surface area (Å²) in [5.74, 6) is -0.108. The highest BCUT2D eigenvalue weighted by Gasteiger charge is 2.27. The number of aryl methyl sites for hydroxylation is 1. The van der Waals surface area contributed by atoms with Gasteiger partial charge in [0.05, 0.1) is 25.7 Å². The first-order valence-corrected chi connectivity index (χ1v) is 9.91. The van der Waals surface area contributed by atoms with Gasteiger partial charge >= 0.3 is 6.09 Å². The first-order chi connectivity index (χ1) is 13.6. The molecular weight excluding hydrogens is 380 g/mol. The van der Waals surface area contributed by atoms with Gasteiger partial charge in [-0.15, -0.1) is 11.3 Å². The van der Waals surface area contributed by atoms with Crippen LogP contribution >= 0.6 is 11.3 Å². The molecule has 2 N–H and O–H groups in total. The summed E-state index contributed by atoms with van der Waals surface area (Å²) in [5, 5.41) is 5.47. The number of methoxy groups -OCH3 is 1. The summed E-state index contributed by atoms with van der Waals surface area (Å²) in [5.41, 5.74) is 1.27. The Labute approximate surface area is 167 Å². The lowest BCUT2D eigenvalue weighted by molar-refractivity contribution is -0.116. The molecule has 1 aliphatic rings. The van der Waals surface area contributed by atoms with Gasteiger partial charge in [-0.05, 0) is 43.4 Å². The Balaban J connectivity index is 1.68. The van der Waals surface area contributed by atoms with Gasteiger partial charge in [-0.25, -0.2) is 4.79 Å². The number of carbonyl (C=O) groups is 3. The number of thiophene rings is 1. The van der Waals surface area contributed by atoms with Crippen LogP contribution in [0.4, 0.5) is 9.80 Å². The van der Waals surface area contributed by atoms with E-state index in [1.807, 2.05) is 30.3 Å². The SMILES string of the molecule is COC(=O)NC(=O)c1c(NC(=O)CCOc2ccccc2)sc2c1CCCC2. The van der Waals surface area contributed by atoms with Gasteiger partial charge in [0.25, 0.3) is 5.91 Å². The Hall–Kier alpha value is -2.87. The molecule has 1 aromatic carbocycles. The van der Waals surface area contributed by atoms with Gasteiger partial charge in [-0.1, -0.05) is 18.2 Å². The molecule has 3 rings (SSSR count). The molecule has 0 saturated heterocycles. The van der Waals surface area contributed by atoms with Crippen LogP contribution in [0.3, 0.4) is 0 Å². The highest BCUT2D eigenvalue weighted by molar-refractivity contribution is 7.17. The van der Waals surface area contributed by atoms with Crippen LogP contribution in [-0.4, -0.2) is 31.6 Å². The van der Waals surface area contributed by atoms with Gasteiger partial charge in [-0.3, -0.25) is 14.9 Å². The molecule has 0 fully saturated rings. The summed E-state index contributed by atoms with van der Waals surface area (Å²) < 4.78 is 10.1. The monoisotopic (exact) mass is 402 g/mol. The van der Waals surface area contributed by atoms with Crippen LogP contribution in [0.1, 0.15) is 40.1 Å². The second kappa shape index (κ2) is 9.36. The van der Waals surface area contributed by atoms with E-state index in [-0.39, 0.29) is 18.9 Å². The van der Waals surface area contributed by atoms with Crippen LogP contribution in [0.5, 0.6) is 5.75 Å². The number of hydrogen-bond acceptors (Lipinski definition) is 6. The molecular formula is C20H22N2O5S. The third-order valence-corrected chi connectivity index (χ3v) is 5.60. The van der Waals surface area contributed by atoms with E-state index in [0.29, 0.717) is 16.3 Å². The summed E-state index contributed by atoms with van der Waals surface area (Å²) in [7, 11) is 1.20. The highest BCUT2D eigenvalue weighted by atomic mass is 32.1. The molecule has 0 spiro atoms. The van der Waals surface area contributed by atoms with E-state index in [1.165, 1.54) is 18.4 Å². The zero-order chi connectivity index (χ0) is 19.9. The highest BCUT2D eigenvalue weighted by Crippen LogP contribution is 2.38. The Morgan fingerprint density at radius 2 is 1.86 bits per heavy atom. The van der Waals surface area contributed by atoms with Crippen LogP contribution in [0.2, 0.25) is 0 Å². The minimum Gasteiger partial charge on any atom is -0.493 e. The lowest BCUT2D eigenvalue weighted by Crippen LogP contribution is -2.31. The van der Waals surface area contributed by atoms with E-state index in [4.69, 9.17) is 4.74 Å². The second-order valence-electron chi connectivity index (χ2n) is 6.32. The van der Waals surface area contributed by atoms with E-state index in [2.05, 4.69) is 15.4 Å². The number of rotatable bonds is 6. The summed E-state index contributed by atoms with van der Waals surface area (Å²) in [6.45, 7) is 0.227. The molecule has 0 unspecified atom stereocenters. The number of hydrogen-bond donors (Lipinski definition) is 2. The molecule has 1 aromatic heterocycles. The fourth-order valence-electron chi connectivity index (χ4n) is 3.07. The molecule has 0 radical (unpaired) electrons. The molecule has 28 heavy (non-hydrogen) atoms. The lowest BCUT2D eigenvalue weighted by atomic mass is 9.95. The fraction of sp³-hybridized carbons (Fsp3) is 0.350. The molecule has 148 valence electrons. The number of anilines is 1. The molecule has 8 heteroatoms. The number of ether oxygens (including phenoxy) is 2. The van der Waals surface area contributed by atoms with Crippen LogP contribution < -0.4 is 15.4 Å². The van der Waals surface area contributed by atoms with Crippen LogP contribution in [-0.2, 0) is 22.4 Å². The maximum Gasteiger partial charge on any atom is 0.413 e. The quantitative estimate of drug-likeness (QED) is 0.771. The summed E-state index contributed by atoms with van der Waals surface area (Å²) in [6, 6.07) is 9.25. The molecule has 1 heterocycles. The summed E-state index contributed by atoms with van der Waals surface area (Å²) in [4.78, 5) is 37.4. The minimum atomic E-state index is -0.825. The number of benzene rings is 1. The predicted molar refractivity (Wildman–Crippen MR) is 106 cm³/mol. The zero-order valence-corrected chi connectivity index (χ0v) is 16.4. The van der Waals surface area contributed by atoms with Gasteiger partial charge in [0.1, 0.15) is 10.8 Å². The first kappa shape index (κ1) is 19.9. The number of nitrogens with one attached hydrogen (secondary N) is 2. The van der Waals surface area contributed by atoms with Crippen molar-refractivity contribution in [2.45, 2.75) is 32.1 Å². The summed E-state index contributed by atoms with van der Waals surface area (Å²) >= 11 is 1.40. The fourth-order valence-corrected chi connectivity index (χ4v) is 4.37. The first-order valence-electron chi connectivity index (χ1n) is 9.10. The molecule has 2 aromatic rings. The van der Waals surface area contributed by atoms with E-state index >= 15 is 0 Å². The molecule has 0 saturated carbocycles. The smallest absolute Gasteiger partial charge is 0.413 e. The van der Waals surface area contributed by atoms with Gasteiger partial charge < -0.3 is 14.8 Å². The van der Waals surface area contributed by atoms with E-state index in [1.54, 1.807) is 0 Å². The number of amides is 3. The predicted octanol–water partition coefficient (Wildman–Crippen LogP) is 3.53. The van der Waals surface area contributed by atoms with Crippen molar-refractivity contribution in [1.29, 1.82) is 0 Å². The van der Waals surface area contributed by atoms with Crippen molar-refractivity contribution in [2.24, 2.45) is 0 Å². The third-order valence-electron chi connectivity index (χ3n) is 4.39. The Bertz CT molecular complexity index is 863.